The third-order valence-electron chi connectivity index (χ3n) is 1.34. The van der Waals surface area contributed by atoms with Crippen LogP contribution in [0.2, 0.25) is 0 Å². The van der Waals surface area contributed by atoms with Crippen molar-refractivity contribution < 1.29 is 10.2 Å². The van der Waals surface area contributed by atoms with Crippen LogP contribution < -0.4 is 0 Å². The lowest BCUT2D eigenvalue weighted by Crippen LogP contribution is -2.36. The molecule has 1 unspecified atom stereocenters. The van der Waals surface area contributed by atoms with Crippen LogP contribution in [0.4, 0.5) is 0 Å². The smallest absolute Gasteiger partial charge is 0.323 e. The first-order chi connectivity index (χ1) is 5.66. The predicted octanol–water partition coefficient (Wildman–Crippen LogP) is 0.476. The molecule has 0 fully saturated rings. The Morgan fingerprint density at radius 1 is 1.17 bits per heavy atom. The molecular weight excluding hydrogens is 164 g/mol. The summed E-state index contributed by atoms with van der Waals surface area (Å²) in [5.41, 5.74) is 19.7. The molecule has 0 aliphatic heterocycles. The van der Waals surface area contributed by atoms with E-state index in [1.807, 2.05) is 0 Å². The highest BCUT2D eigenvalue weighted by atomic mass is 16.3. The molecule has 8 nitrogen and oxygen atoms in total. The van der Waals surface area contributed by atoms with E-state index >= 15 is 0 Å². The van der Waals surface area contributed by atoms with Crippen molar-refractivity contribution in [3.63, 3.8) is 0 Å². The summed E-state index contributed by atoms with van der Waals surface area (Å²) in [5.74, 6) is -2.09. The molecule has 0 saturated carbocycles. The second-order valence-corrected chi connectivity index (χ2v) is 2.05. The number of rotatable bonds is 6. The van der Waals surface area contributed by atoms with Crippen LogP contribution in [-0.4, -0.2) is 28.7 Å². The second-order valence-electron chi connectivity index (χ2n) is 2.05. The van der Waals surface area contributed by atoms with Crippen molar-refractivity contribution in [3.05, 3.63) is 0 Å². The first kappa shape index (κ1) is 10.7. The van der Waals surface area contributed by atoms with Gasteiger partial charge in [0.25, 0.3) is 0 Å². The molecule has 0 heterocycles. The number of hydrogen-bond acceptors (Lipinski definition) is 8. The summed E-state index contributed by atoms with van der Waals surface area (Å²) in [6, 6.07) is 0. The Bertz CT molecular complexity index is 161. The Hall–Kier alpha value is -1.28. The van der Waals surface area contributed by atoms with Gasteiger partial charge in [0, 0.05) is 13.0 Å². The second kappa shape index (κ2) is 4.57. The Labute approximate surface area is 68.1 Å². The molecule has 68 valence electrons. The summed E-state index contributed by atoms with van der Waals surface area (Å²) < 4.78 is 0. The van der Waals surface area contributed by atoms with Crippen molar-refractivity contribution in [3.8, 4) is 0 Å². The largest absolute Gasteiger partial charge is 0.396 e. The SMILES string of the molecule is N=NC(N=N)(N=N)C(O)CCO. The van der Waals surface area contributed by atoms with Crippen molar-refractivity contribution in [2.75, 3.05) is 6.61 Å². The molecular formula is C4H10N6O2. The van der Waals surface area contributed by atoms with E-state index in [1.165, 1.54) is 0 Å². The van der Waals surface area contributed by atoms with Crippen molar-refractivity contribution in [2.24, 2.45) is 15.3 Å². The summed E-state index contributed by atoms with van der Waals surface area (Å²) in [6.07, 6.45) is -1.54. The normalized spacial score (nSPS) is 17.5. The van der Waals surface area contributed by atoms with Crippen LogP contribution in [-0.2, 0) is 0 Å². The molecule has 8 heteroatoms. The van der Waals surface area contributed by atoms with E-state index < -0.39 is 11.9 Å². The molecule has 0 aromatic rings. The van der Waals surface area contributed by atoms with Crippen molar-refractivity contribution >= 4 is 0 Å². The molecule has 0 aliphatic carbocycles. The van der Waals surface area contributed by atoms with Gasteiger partial charge < -0.3 is 10.2 Å². The Kier molecular flexibility index (Phi) is 4.08. The quantitative estimate of drug-likeness (QED) is 0.372. The van der Waals surface area contributed by atoms with Crippen molar-refractivity contribution in [1.82, 2.24) is 0 Å². The van der Waals surface area contributed by atoms with Gasteiger partial charge in [0.2, 0.25) is 0 Å². The molecule has 1 atom stereocenters. The van der Waals surface area contributed by atoms with Gasteiger partial charge in [-0.3, -0.25) is 0 Å². The fraction of sp³-hybridized carbons (Fsp3) is 1.00. The number of aliphatic hydroxyl groups is 2. The highest BCUT2D eigenvalue weighted by molar-refractivity contribution is 4.84. The fourth-order valence-corrected chi connectivity index (χ4v) is 0.614. The van der Waals surface area contributed by atoms with Gasteiger partial charge in [-0.25, -0.2) is 16.6 Å². The minimum absolute atomic E-state index is 0.132. The maximum absolute atomic E-state index is 9.16. The highest BCUT2D eigenvalue weighted by Crippen LogP contribution is 2.21. The number of nitrogens with one attached hydrogen (secondary N) is 3. The molecule has 0 amide bonds. The molecule has 0 aromatic heterocycles. The zero-order valence-electron chi connectivity index (χ0n) is 6.23. The summed E-state index contributed by atoms with van der Waals surface area (Å²) in [5, 5.41) is 25.8. The number of hydrogen-bond donors (Lipinski definition) is 5. The van der Waals surface area contributed by atoms with E-state index in [0.717, 1.165) is 0 Å². The molecule has 12 heavy (non-hydrogen) atoms. The molecule has 0 aliphatic rings. The van der Waals surface area contributed by atoms with Crippen LogP contribution in [0.5, 0.6) is 0 Å². The van der Waals surface area contributed by atoms with E-state index in [4.69, 9.17) is 26.8 Å². The summed E-state index contributed by atoms with van der Waals surface area (Å²) in [4.78, 5) is 0. The van der Waals surface area contributed by atoms with Gasteiger partial charge in [0.15, 0.2) is 0 Å². The first-order valence-electron chi connectivity index (χ1n) is 3.11. The van der Waals surface area contributed by atoms with Gasteiger partial charge in [-0.1, -0.05) is 0 Å². The standard InChI is InChI=1S/C4H10N6O2/c5-8-4(9-6,10-7)3(12)1-2-11/h3,5-7,11-12H,1-2H2. The Morgan fingerprint density at radius 2 is 1.58 bits per heavy atom. The van der Waals surface area contributed by atoms with Crippen LogP contribution in [0.25, 0.3) is 0 Å². The van der Waals surface area contributed by atoms with Crippen LogP contribution in [0, 0.1) is 16.6 Å². The zero-order chi connectivity index (χ0) is 9.61. The molecule has 0 aromatic carbocycles. The van der Waals surface area contributed by atoms with Gasteiger partial charge in [-0.15, -0.1) is 15.3 Å². The Morgan fingerprint density at radius 3 is 1.83 bits per heavy atom. The van der Waals surface area contributed by atoms with Crippen LogP contribution in [0.3, 0.4) is 0 Å². The molecule has 5 N–H and O–H groups in total. The van der Waals surface area contributed by atoms with E-state index in [-0.39, 0.29) is 13.0 Å². The Balaban J connectivity index is 4.57. The summed E-state index contributed by atoms with van der Waals surface area (Å²) in [7, 11) is 0. The zero-order valence-corrected chi connectivity index (χ0v) is 6.23. The first-order valence-corrected chi connectivity index (χ1v) is 3.11. The maximum atomic E-state index is 9.16. The third kappa shape index (κ3) is 1.86. The van der Waals surface area contributed by atoms with Gasteiger partial charge in [-0.2, -0.15) is 0 Å². The monoisotopic (exact) mass is 174 g/mol. The molecule has 0 bridgehead atoms. The van der Waals surface area contributed by atoms with E-state index in [9.17, 15) is 0 Å². The van der Waals surface area contributed by atoms with Crippen LogP contribution >= 0.6 is 0 Å². The van der Waals surface area contributed by atoms with Gasteiger partial charge >= 0.3 is 5.79 Å². The van der Waals surface area contributed by atoms with E-state index in [1.54, 1.807) is 0 Å². The van der Waals surface area contributed by atoms with Crippen LogP contribution in [0.1, 0.15) is 6.42 Å². The van der Waals surface area contributed by atoms with Crippen molar-refractivity contribution in [1.29, 1.82) is 16.6 Å². The van der Waals surface area contributed by atoms with E-state index in [0.29, 0.717) is 0 Å². The topological polar surface area (TPSA) is 149 Å². The number of nitrogens with zero attached hydrogens (tertiary/aromatic N) is 3. The average Bonchev–Trinajstić information content (AvgIpc) is 2.09. The molecule has 0 radical (unpaired) electrons. The average molecular weight is 174 g/mol. The lowest BCUT2D eigenvalue weighted by Gasteiger charge is -2.20. The lowest BCUT2D eigenvalue weighted by molar-refractivity contribution is 0.0533. The molecule has 0 saturated heterocycles. The van der Waals surface area contributed by atoms with Gasteiger partial charge in [-0.05, 0) is 0 Å². The fourth-order valence-electron chi connectivity index (χ4n) is 0.614. The van der Waals surface area contributed by atoms with Crippen molar-refractivity contribution in [2.45, 2.75) is 18.3 Å². The number of aliphatic hydroxyl groups excluding tert-OH is 2. The molecule has 0 rings (SSSR count). The minimum Gasteiger partial charge on any atom is -0.396 e. The third-order valence-corrected chi connectivity index (χ3v) is 1.34. The lowest BCUT2D eigenvalue weighted by atomic mass is 10.1. The van der Waals surface area contributed by atoms with Gasteiger partial charge in [0.1, 0.15) is 6.10 Å². The molecule has 0 spiro atoms. The maximum Gasteiger partial charge on any atom is 0.323 e. The highest BCUT2D eigenvalue weighted by Gasteiger charge is 2.37. The van der Waals surface area contributed by atoms with E-state index in [2.05, 4.69) is 15.3 Å². The minimum atomic E-state index is -2.09. The summed E-state index contributed by atoms with van der Waals surface area (Å²) >= 11 is 0. The predicted molar refractivity (Wildman–Crippen MR) is 35.9 cm³/mol. The van der Waals surface area contributed by atoms with Crippen LogP contribution in [0.15, 0.2) is 15.3 Å². The summed E-state index contributed by atoms with van der Waals surface area (Å²) in [6.45, 7) is -0.344. The van der Waals surface area contributed by atoms with Gasteiger partial charge in [0.05, 0.1) is 0 Å².